The zero-order valence-electron chi connectivity index (χ0n) is 11.5. The van der Waals surface area contributed by atoms with Gasteiger partial charge in [0.1, 0.15) is 5.15 Å². The molecular weight excluding hydrogens is 244 g/mol. The molecule has 0 spiro atoms. The highest BCUT2D eigenvalue weighted by atomic mass is 35.5. The minimum Gasteiger partial charge on any atom is -0.297 e. The van der Waals surface area contributed by atoms with Crippen LogP contribution in [0.25, 0.3) is 0 Å². The Morgan fingerprint density at radius 1 is 1.22 bits per heavy atom. The van der Waals surface area contributed by atoms with Crippen LogP contribution >= 0.6 is 11.6 Å². The molecule has 0 saturated carbocycles. The first-order valence-electron chi connectivity index (χ1n) is 7.01. The monoisotopic (exact) mass is 266 g/mol. The summed E-state index contributed by atoms with van der Waals surface area (Å²) in [7, 11) is 0. The number of likely N-dealkylation sites (tertiary alicyclic amines) is 1. The second kappa shape index (κ2) is 6.03. The minimum atomic E-state index is 0.595. The van der Waals surface area contributed by atoms with Gasteiger partial charge in [-0.3, -0.25) is 4.90 Å². The summed E-state index contributed by atoms with van der Waals surface area (Å²) in [5.41, 5.74) is 1.68. The van der Waals surface area contributed by atoms with Crippen molar-refractivity contribution >= 4 is 11.6 Å². The van der Waals surface area contributed by atoms with Crippen molar-refractivity contribution in [3.8, 4) is 0 Å². The molecular formula is C15H23ClN2. The van der Waals surface area contributed by atoms with Crippen LogP contribution in [0.5, 0.6) is 0 Å². The maximum absolute atomic E-state index is 5.92. The Kier molecular flexibility index (Phi) is 4.63. The number of hydrogen-bond acceptors (Lipinski definition) is 2. The van der Waals surface area contributed by atoms with Crippen molar-refractivity contribution in [1.82, 2.24) is 9.88 Å². The highest BCUT2D eigenvalue weighted by Gasteiger charge is 2.31. The van der Waals surface area contributed by atoms with Gasteiger partial charge in [0.05, 0.1) is 5.69 Å². The summed E-state index contributed by atoms with van der Waals surface area (Å²) in [4.78, 5) is 6.87. The smallest absolute Gasteiger partial charge is 0.129 e. The molecule has 1 saturated heterocycles. The van der Waals surface area contributed by atoms with E-state index in [1.807, 2.05) is 12.1 Å². The predicted octanol–water partition coefficient (Wildman–Crippen LogP) is 4.14. The van der Waals surface area contributed by atoms with Gasteiger partial charge in [0.25, 0.3) is 0 Å². The maximum Gasteiger partial charge on any atom is 0.129 e. The van der Waals surface area contributed by atoms with E-state index in [1.165, 1.54) is 38.8 Å². The van der Waals surface area contributed by atoms with Crippen LogP contribution in [-0.4, -0.2) is 23.0 Å². The van der Waals surface area contributed by atoms with E-state index in [-0.39, 0.29) is 0 Å². The summed E-state index contributed by atoms with van der Waals surface area (Å²) in [6, 6.07) is 5.88. The normalized spacial score (nSPS) is 19.9. The van der Waals surface area contributed by atoms with Gasteiger partial charge in [-0.15, -0.1) is 0 Å². The second-order valence-electron chi connectivity index (χ2n) is 5.43. The van der Waals surface area contributed by atoms with Crippen molar-refractivity contribution in [1.29, 1.82) is 0 Å². The molecule has 1 fully saturated rings. The van der Waals surface area contributed by atoms with Crippen LogP contribution < -0.4 is 0 Å². The molecule has 1 aromatic rings. The average molecular weight is 267 g/mol. The van der Waals surface area contributed by atoms with Crippen LogP contribution in [0.2, 0.25) is 5.15 Å². The molecule has 0 aliphatic carbocycles. The number of hydrogen-bond donors (Lipinski definition) is 0. The lowest BCUT2D eigenvalue weighted by atomic mass is 9.74. The number of halogens is 1. The molecule has 2 nitrogen and oxygen atoms in total. The molecule has 18 heavy (non-hydrogen) atoms. The SMILES string of the molecule is CCC1(CC)CCN(Cc2cccc(Cl)n2)CC1. The van der Waals surface area contributed by atoms with Crippen LogP contribution in [0, 0.1) is 5.41 Å². The van der Waals surface area contributed by atoms with Gasteiger partial charge in [-0.2, -0.15) is 0 Å². The van der Waals surface area contributed by atoms with E-state index in [2.05, 4.69) is 29.8 Å². The molecule has 0 unspecified atom stereocenters. The molecule has 0 atom stereocenters. The Labute approximate surface area is 115 Å². The molecule has 0 N–H and O–H groups in total. The third kappa shape index (κ3) is 3.24. The largest absolute Gasteiger partial charge is 0.297 e. The third-order valence-electron chi connectivity index (χ3n) is 4.58. The van der Waals surface area contributed by atoms with Gasteiger partial charge < -0.3 is 0 Å². The zero-order chi connectivity index (χ0) is 13.0. The molecule has 3 heteroatoms. The second-order valence-corrected chi connectivity index (χ2v) is 5.82. The molecule has 0 aromatic carbocycles. The quantitative estimate of drug-likeness (QED) is 0.762. The minimum absolute atomic E-state index is 0.595. The Morgan fingerprint density at radius 2 is 1.89 bits per heavy atom. The molecule has 1 aliphatic heterocycles. The summed E-state index contributed by atoms with van der Waals surface area (Å²) in [6.07, 6.45) is 5.26. The first kappa shape index (κ1) is 13.8. The van der Waals surface area contributed by atoms with Crippen molar-refractivity contribution in [2.75, 3.05) is 13.1 Å². The molecule has 1 aliphatic rings. The molecule has 0 amide bonds. The third-order valence-corrected chi connectivity index (χ3v) is 4.79. The van der Waals surface area contributed by atoms with Crippen molar-refractivity contribution in [3.63, 3.8) is 0 Å². The number of aromatic nitrogens is 1. The van der Waals surface area contributed by atoms with Gasteiger partial charge >= 0.3 is 0 Å². The van der Waals surface area contributed by atoms with E-state index in [4.69, 9.17) is 11.6 Å². The maximum atomic E-state index is 5.92. The summed E-state index contributed by atoms with van der Waals surface area (Å²) in [5.74, 6) is 0. The standard InChI is InChI=1S/C15H23ClN2/c1-3-15(4-2)8-10-18(11-9-15)12-13-6-5-7-14(16)17-13/h5-7H,3-4,8-12H2,1-2H3. The Morgan fingerprint density at radius 3 is 2.44 bits per heavy atom. The van der Waals surface area contributed by atoms with Crippen LogP contribution in [0.1, 0.15) is 45.2 Å². The fraction of sp³-hybridized carbons (Fsp3) is 0.667. The summed E-state index contributed by atoms with van der Waals surface area (Å²) in [6.45, 7) is 7.98. The zero-order valence-corrected chi connectivity index (χ0v) is 12.2. The van der Waals surface area contributed by atoms with Crippen molar-refractivity contribution < 1.29 is 0 Å². The highest BCUT2D eigenvalue weighted by molar-refractivity contribution is 6.29. The predicted molar refractivity (Wildman–Crippen MR) is 76.8 cm³/mol. The summed E-state index contributed by atoms with van der Waals surface area (Å²) in [5, 5.41) is 0.598. The Balaban J connectivity index is 1.91. The average Bonchev–Trinajstić information content (AvgIpc) is 2.40. The van der Waals surface area contributed by atoms with Gasteiger partial charge in [-0.05, 0) is 43.5 Å². The molecule has 2 heterocycles. The van der Waals surface area contributed by atoms with Crippen molar-refractivity contribution in [3.05, 3.63) is 29.0 Å². The number of rotatable bonds is 4. The fourth-order valence-electron chi connectivity index (χ4n) is 2.91. The Bertz CT molecular complexity index is 378. The van der Waals surface area contributed by atoms with E-state index in [1.54, 1.807) is 0 Å². The highest BCUT2D eigenvalue weighted by Crippen LogP contribution is 2.38. The van der Waals surface area contributed by atoms with Crippen LogP contribution in [0.3, 0.4) is 0 Å². The molecule has 1 aromatic heterocycles. The molecule has 100 valence electrons. The van der Waals surface area contributed by atoms with Gasteiger partial charge in [-0.25, -0.2) is 4.98 Å². The lowest BCUT2D eigenvalue weighted by molar-refractivity contribution is 0.0901. The van der Waals surface area contributed by atoms with E-state index in [0.29, 0.717) is 10.6 Å². The summed E-state index contributed by atoms with van der Waals surface area (Å²) < 4.78 is 0. The number of piperidine rings is 1. The van der Waals surface area contributed by atoms with Gasteiger partial charge in [0, 0.05) is 6.54 Å². The van der Waals surface area contributed by atoms with Crippen molar-refractivity contribution in [2.45, 2.75) is 46.1 Å². The first-order chi connectivity index (χ1) is 8.67. The van der Waals surface area contributed by atoms with E-state index >= 15 is 0 Å². The number of pyridine rings is 1. The van der Waals surface area contributed by atoms with Gasteiger partial charge in [0.2, 0.25) is 0 Å². The number of nitrogens with zero attached hydrogens (tertiary/aromatic N) is 2. The van der Waals surface area contributed by atoms with E-state index in [0.717, 1.165) is 12.2 Å². The molecule has 2 rings (SSSR count). The van der Waals surface area contributed by atoms with Crippen LogP contribution in [-0.2, 0) is 6.54 Å². The van der Waals surface area contributed by atoms with Crippen LogP contribution in [0.15, 0.2) is 18.2 Å². The summed E-state index contributed by atoms with van der Waals surface area (Å²) >= 11 is 5.92. The van der Waals surface area contributed by atoms with Gasteiger partial charge in [0.15, 0.2) is 0 Å². The molecule has 0 bridgehead atoms. The first-order valence-corrected chi connectivity index (χ1v) is 7.39. The van der Waals surface area contributed by atoms with Crippen molar-refractivity contribution in [2.24, 2.45) is 5.41 Å². The van der Waals surface area contributed by atoms with Gasteiger partial charge in [-0.1, -0.05) is 44.4 Å². The van der Waals surface area contributed by atoms with E-state index in [9.17, 15) is 0 Å². The topological polar surface area (TPSA) is 16.1 Å². The Hall–Kier alpha value is -0.600. The lowest BCUT2D eigenvalue weighted by Crippen LogP contribution is -2.39. The fourth-order valence-corrected chi connectivity index (χ4v) is 3.09. The lowest BCUT2D eigenvalue weighted by Gasteiger charge is -2.40. The molecule has 0 radical (unpaired) electrons. The van der Waals surface area contributed by atoms with E-state index < -0.39 is 0 Å². The van der Waals surface area contributed by atoms with Crippen LogP contribution in [0.4, 0.5) is 0 Å².